The van der Waals surface area contributed by atoms with Crippen LogP contribution in [0.3, 0.4) is 0 Å². The molecule has 0 N–H and O–H groups in total. The van der Waals surface area contributed by atoms with E-state index < -0.39 is 9.84 Å². The Kier molecular flexibility index (Phi) is 3.64. The van der Waals surface area contributed by atoms with E-state index in [1.54, 1.807) is 18.4 Å². The fourth-order valence-corrected chi connectivity index (χ4v) is 3.33. The van der Waals surface area contributed by atoms with Crippen LogP contribution >= 0.6 is 23.4 Å². The van der Waals surface area contributed by atoms with Gasteiger partial charge in [0.1, 0.15) is 5.08 Å². The molecule has 0 amide bonds. The van der Waals surface area contributed by atoms with E-state index >= 15 is 0 Å². The number of hydrogen-bond donors (Lipinski definition) is 0. The summed E-state index contributed by atoms with van der Waals surface area (Å²) in [5.41, 5.74) is 0. The van der Waals surface area contributed by atoms with Crippen molar-refractivity contribution in [2.75, 3.05) is 11.3 Å². The lowest BCUT2D eigenvalue weighted by Gasteiger charge is -2.01. The molecule has 0 atom stereocenters. The number of sulfone groups is 1. The van der Waals surface area contributed by atoms with Gasteiger partial charge in [-0.05, 0) is 30.5 Å². The normalized spacial score (nSPS) is 11.5. The number of thioether (sulfide) groups is 1. The molecule has 0 unspecified atom stereocenters. The first-order valence-corrected chi connectivity index (χ1v) is 6.96. The molecule has 0 radical (unpaired) electrons. The maximum Gasteiger partial charge on any atom is 0.187 e. The molecule has 0 spiro atoms. The smallest absolute Gasteiger partial charge is 0.187 e. The van der Waals surface area contributed by atoms with Crippen LogP contribution in [0.4, 0.5) is 0 Å². The predicted molar refractivity (Wildman–Crippen MR) is 57.0 cm³/mol. The van der Waals surface area contributed by atoms with Crippen molar-refractivity contribution in [1.82, 2.24) is 0 Å². The molecule has 5 heteroatoms. The zero-order valence-corrected chi connectivity index (χ0v) is 9.42. The van der Waals surface area contributed by atoms with Gasteiger partial charge in [-0.15, -0.1) is 11.8 Å². The lowest BCUT2D eigenvalue weighted by molar-refractivity contribution is 0.601. The van der Waals surface area contributed by atoms with Crippen molar-refractivity contribution in [3.05, 3.63) is 29.3 Å². The topological polar surface area (TPSA) is 34.1 Å². The molecule has 0 aliphatic rings. The van der Waals surface area contributed by atoms with Crippen molar-refractivity contribution in [3.63, 3.8) is 0 Å². The summed E-state index contributed by atoms with van der Waals surface area (Å²) >= 11 is 6.93. The van der Waals surface area contributed by atoms with Crippen molar-refractivity contribution >= 4 is 33.2 Å². The van der Waals surface area contributed by atoms with Crippen LogP contribution in [0.1, 0.15) is 0 Å². The minimum absolute atomic E-state index is 0.106. The number of rotatable bonds is 3. The molecule has 0 saturated carbocycles. The standard InChI is InChI=1S/C8H9ClO2S2/c1-12-6-13(10,11)8-4-2-7(9)3-5-8/h2-5H,6H2,1H3. The molecule has 0 bridgehead atoms. The fraction of sp³-hybridized carbons (Fsp3) is 0.250. The Hall–Kier alpha value is -0.190. The molecule has 0 heterocycles. The molecule has 72 valence electrons. The average Bonchev–Trinajstić information content (AvgIpc) is 2.05. The summed E-state index contributed by atoms with van der Waals surface area (Å²) in [5, 5.41) is 0.650. The third kappa shape index (κ3) is 2.90. The highest BCUT2D eigenvalue weighted by Gasteiger charge is 2.12. The van der Waals surface area contributed by atoms with E-state index in [9.17, 15) is 8.42 Å². The van der Waals surface area contributed by atoms with Crippen LogP contribution in [-0.2, 0) is 9.84 Å². The van der Waals surface area contributed by atoms with Gasteiger partial charge in [0, 0.05) is 5.02 Å². The van der Waals surface area contributed by atoms with Gasteiger partial charge in [0.05, 0.1) is 4.90 Å². The second-order valence-electron chi connectivity index (χ2n) is 2.48. The Labute approximate surface area is 87.2 Å². The summed E-state index contributed by atoms with van der Waals surface area (Å²) in [4.78, 5) is 0.325. The van der Waals surface area contributed by atoms with Gasteiger partial charge in [-0.1, -0.05) is 11.6 Å². The predicted octanol–water partition coefficient (Wildman–Crippen LogP) is 2.43. The maximum atomic E-state index is 11.5. The van der Waals surface area contributed by atoms with E-state index in [0.717, 1.165) is 0 Å². The van der Waals surface area contributed by atoms with Gasteiger partial charge in [-0.3, -0.25) is 0 Å². The summed E-state index contributed by atoms with van der Waals surface area (Å²) in [7, 11) is -3.12. The molecular formula is C8H9ClO2S2. The molecule has 0 fully saturated rings. The highest BCUT2D eigenvalue weighted by Crippen LogP contribution is 2.17. The van der Waals surface area contributed by atoms with Gasteiger partial charge in [-0.25, -0.2) is 8.42 Å². The van der Waals surface area contributed by atoms with E-state index in [0.29, 0.717) is 9.92 Å². The van der Waals surface area contributed by atoms with Gasteiger partial charge in [0.25, 0.3) is 0 Å². The average molecular weight is 237 g/mol. The third-order valence-electron chi connectivity index (χ3n) is 1.45. The second-order valence-corrected chi connectivity index (χ2v) is 6.13. The molecule has 0 aliphatic carbocycles. The Bertz CT molecular complexity index is 370. The summed E-state index contributed by atoms with van der Waals surface area (Å²) in [6.45, 7) is 0. The van der Waals surface area contributed by atoms with Crippen molar-refractivity contribution in [2.24, 2.45) is 0 Å². The van der Waals surface area contributed by atoms with Crippen molar-refractivity contribution in [2.45, 2.75) is 4.90 Å². The summed E-state index contributed by atoms with van der Waals surface area (Å²) in [5.74, 6) is 0. The van der Waals surface area contributed by atoms with E-state index in [2.05, 4.69) is 0 Å². The minimum atomic E-state index is -3.12. The van der Waals surface area contributed by atoms with Crippen molar-refractivity contribution < 1.29 is 8.42 Å². The first-order valence-electron chi connectivity index (χ1n) is 3.53. The molecule has 1 aromatic carbocycles. The lowest BCUT2D eigenvalue weighted by Crippen LogP contribution is -2.02. The van der Waals surface area contributed by atoms with Crippen LogP contribution in [0.15, 0.2) is 29.2 Å². The molecule has 1 aromatic rings. The van der Waals surface area contributed by atoms with E-state index in [1.807, 2.05) is 0 Å². The zero-order valence-electron chi connectivity index (χ0n) is 7.03. The number of benzene rings is 1. The Morgan fingerprint density at radius 3 is 2.31 bits per heavy atom. The monoisotopic (exact) mass is 236 g/mol. The van der Waals surface area contributed by atoms with Crippen LogP contribution in [0.2, 0.25) is 5.02 Å². The Morgan fingerprint density at radius 1 is 1.31 bits per heavy atom. The lowest BCUT2D eigenvalue weighted by atomic mass is 10.4. The molecular weight excluding hydrogens is 228 g/mol. The first kappa shape index (κ1) is 10.9. The summed E-state index contributed by atoms with van der Waals surface area (Å²) < 4.78 is 23.0. The SMILES string of the molecule is CSCS(=O)(=O)c1ccc(Cl)cc1. The molecule has 0 saturated heterocycles. The highest BCUT2D eigenvalue weighted by atomic mass is 35.5. The maximum absolute atomic E-state index is 11.5. The highest BCUT2D eigenvalue weighted by molar-refractivity contribution is 8.12. The Balaban J connectivity index is 3.02. The van der Waals surface area contributed by atoms with Crippen LogP contribution in [0, 0.1) is 0 Å². The van der Waals surface area contributed by atoms with E-state index in [1.165, 1.54) is 23.9 Å². The summed E-state index contributed by atoms with van der Waals surface area (Å²) in [6.07, 6.45) is 1.76. The molecule has 1 rings (SSSR count). The molecule has 2 nitrogen and oxygen atoms in total. The molecule has 0 aliphatic heterocycles. The van der Waals surface area contributed by atoms with Crippen LogP contribution in [0.25, 0.3) is 0 Å². The molecule has 0 aromatic heterocycles. The quantitative estimate of drug-likeness (QED) is 0.809. The fourth-order valence-electron chi connectivity index (χ4n) is 0.865. The van der Waals surface area contributed by atoms with Crippen LogP contribution < -0.4 is 0 Å². The van der Waals surface area contributed by atoms with Gasteiger partial charge in [-0.2, -0.15) is 0 Å². The van der Waals surface area contributed by atoms with Gasteiger partial charge in [0.15, 0.2) is 9.84 Å². The third-order valence-corrected chi connectivity index (χ3v) is 4.87. The van der Waals surface area contributed by atoms with E-state index in [-0.39, 0.29) is 5.08 Å². The second kappa shape index (κ2) is 4.35. The van der Waals surface area contributed by atoms with Crippen LogP contribution in [-0.4, -0.2) is 19.8 Å². The molecule has 13 heavy (non-hydrogen) atoms. The van der Waals surface area contributed by atoms with Crippen molar-refractivity contribution in [3.8, 4) is 0 Å². The van der Waals surface area contributed by atoms with Gasteiger partial charge < -0.3 is 0 Å². The number of halogens is 1. The number of hydrogen-bond acceptors (Lipinski definition) is 3. The van der Waals surface area contributed by atoms with Crippen molar-refractivity contribution in [1.29, 1.82) is 0 Å². The van der Waals surface area contributed by atoms with Crippen LogP contribution in [0.5, 0.6) is 0 Å². The Morgan fingerprint density at radius 2 is 1.85 bits per heavy atom. The minimum Gasteiger partial charge on any atom is -0.223 e. The first-order chi connectivity index (χ1) is 6.06. The van der Waals surface area contributed by atoms with Gasteiger partial charge in [0.2, 0.25) is 0 Å². The zero-order chi connectivity index (χ0) is 9.90. The van der Waals surface area contributed by atoms with E-state index in [4.69, 9.17) is 11.6 Å². The largest absolute Gasteiger partial charge is 0.223 e. The van der Waals surface area contributed by atoms with Gasteiger partial charge >= 0.3 is 0 Å². The summed E-state index contributed by atoms with van der Waals surface area (Å²) in [6, 6.07) is 6.20.